The number of likely N-dealkylation sites (N-methyl/N-ethyl adjacent to an activating group) is 2. The lowest BCUT2D eigenvalue weighted by atomic mass is 10.1. The first kappa shape index (κ1) is 31.4. The van der Waals surface area contributed by atoms with Crippen LogP contribution in [0.2, 0.25) is 0 Å². The molecular formula is C27H43ClN4O2. The molecule has 0 saturated heterocycles. The third kappa shape index (κ3) is 16.1. The van der Waals surface area contributed by atoms with E-state index in [2.05, 4.69) is 23.6 Å². The highest BCUT2D eigenvalue weighted by Gasteiger charge is 2.08. The normalized spacial score (nSPS) is 16.4. The number of benzene rings is 1. The zero-order valence-corrected chi connectivity index (χ0v) is 22.3. The minimum Gasteiger partial charge on any atom is -0.352 e. The number of primary amides is 1. The second-order valence-electron chi connectivity index (χ2n) is 7.64. The molecule has 6 nitrogen and oxygen atoms in total. The maximum Gasteiger partial charge on any atom is 0.312 e. The van der Waals surface area contributed by atoms with E-state index in [1.54, 1.807) is 4.90 Å². The van der Waals surface area contributed by atoms with E-state index in [1.165, 1.54) is 11.1 Å². The summed E-state index contributed by atoms with van der Waals surface area (Å²) in [5, 5.41) is 6.64. The zero-order chi connectivity index (χ0) is 25.8. The van der Waals surface area contributed by atoms with Crippen molar-refractivity contribution >= 4 is 23.5 Å². The van der Waals surface area contributed by atoms with Gasteiger partial charge in [-0.05, 0) is 31.9 Å². The predicted molar refractivity (Wildman–Crippen MR) is 145 cm³/mol. The molecule has 34 heavy (non-hydrogen) atoms. The van der Waals surface area contributed by atoms with Gasteiger partial charge in [-0.2, -0.15) is 0 Å². The van der Waals surface area contributed by atoms with Crippen LogP contribution in [-0.4, -0.2) is 50.1 Å². The Hall–Kier alpha value is -2.57. The second-order valence-corrected chi connectivity index (χ2v) is 8.13. The van der Waals surface area contributed by atoms with Gasteiger partial charge in [0.05, 0.1) is 6.42 Å². The Morgan fingerprint density at radius 3 is 2.41 bits per heavy atom. The van der Waals surface area contributed by atoms with Crippen molar-refractivity contribution in [3.05, 3.63) is 70.3 Å². The minimum atomic E-state index is -0.478. The van der Waals surface area contributed by atoms with Crippen LogP contribution in [0.3, 0.4) is 0 Å². The molecule has 190 valence electrons. The smallest absolute Gasteiger partial charge is 0.312 e. The fraction of sp³-hybridized carbons (Fsp3) is 0.481. The second kappa shape index (κ2) is 19.9. The largest absolute Gasteiger partial charge is 0.352 e. The molecule has 0 aromatic heterocycles. The highest BCUT2D eigenvalue weighted by Crippen LogP contribution is 2.15. The maximum absolute atomic E-state index is 11.9. The summed E-state index contributed by atoms with van der Waals surface area (Å²) in [5.74, 6) is 0.173. The van der Waals surface area contributed by atoms with Crippen LogP contribution >= 0.6 is 11.6 Å². The van der Waals surface area contributed by atoms with Gasteiger partial charge in [0, 0.05) is 38.1 Å². The molecule has 0 spiro atoms. The Balaban J connectivity index is 0.000000601. The number of hydrogen-bond donors (Lipinski definition) is 3. The molecule has 0 bridgehead atoms. The van der Waals surface area contributed by atoms with Crippen molar-refractivity contribution in [3.63, 3.8) is 0 Å². The molecule has 0 heterocycles. The van der Waals surface area contributed by atoms with E-state index in [0.29, 0.717) is 13.0 Å². The van der Waals surface area contributed by atoms with Gasteiger partial charge >= 0.3 is 6.03 Å². The van der Waals surface area contributed by atoms with Gasteiger partial charge < -0.3 is 21.3 Å². The number of rotatable bonds is 9. The first-order valence-corrected chi connectivity index (χ1v) is 12.4. The number of urea groups is 1. The molecule has 1 aromatic carbocycles. The molecule has 0 saturated carbocycles. The number of aryl methyl sites for hydroxylation is 1. The van der Waals surface area contributed by atoms with E-state index in [9.17, 15) is 9.59 Å². The van der Waals surface area contributed by atoms with E-state index in [-0.39, 0.29) is 5.91 Å². The molecule has 1 aliphatic carbocycles. The maximum atomic E-state index is 11.9. The van der Waals surface area contributed by atoms with E-state index in [4.69, 9.17) is 17.3 Å². The molecule has 0 atom stereocenters. The molecule has 0 aliphatic heterocycles. The standard InChI is InChI=1S/C14H22N2O.C11H15ClN2O.C2H6/c1-4-15-9-10-16(3)14(17)11-13-7-5-12(2)6-8-13;12-10-5-1-3-9(4-2-6-10)7-8-14-11(13)15;1-2/h5-8,15H,4,9-11H2,1-3H3;1,3-4,6H,2,5,7-8H2,(H3,13,14,15);1-2H3/b;3-1-,9-4+,10-6+;. The summed E-state index contributed by atoms with van der Waals surface area (Å²) in [6.45, 7) is 11.2. The van der Waals surface area contributed by atoms with Crippen LogP contribution in [-0.2, 0) is 11.2 Å². The number of halogens is 1. The molecule has 7 heteroatoms. The van der Waals surface area contributed by atoms with E-state index < -0.39 is 6.03 Å². The molecule has 0 radical (unpaired) electrons. The van der Waals surface area contributed by atoms with E-state index in [1.807, 2.05) is 70.3 Å². The quantitative estimate of drug-likeness (QED) is 0.422. The lowest BCUT2D eigenvalue weighted by Gasteiger charge is -2.17. The Morgan fingerprint density at radius 1 is 1.12 bits per heavy atom. The number of carbonyl (C=O) groups is 2. The number of nitrogens with one attached hydrogen (secondary N) is 2. The number of carbonyl (C=O) groups excluding carboxylic acids is 2. The van der Waals surface area contributed by atoms with Crippen LogP contribution in [0.15, 0.2) is 59.2 Å². The average molecular weight is 491 g/mol. The average Bonchev–Trinajstić information content (AvgIpc) is 2.80. The van der Waals surface area contributed by atoms with Crippen LogP contribution in [0.5, 0.6) is 0 Å². The lowest BCUT2D eigenvalue weighted by Crippen LogP contribution is -2.34. The van der Waals surface area contributed by atoms with Crippen molar-refractivity contribution in [2.45, 2.75) is 53.4 Å². The number of nitrogens with two attached hydrogens (primary N) is 1. The van der Waals surface area contributed by atoms with E-state index >= 15 is 0 Å². The molecule has 0 fully saturated rings. The lowest BCUT2D eigenvalue weighted by molar-refractivity contribution is -0.129. The number of hydrogen-bond acceptors (Lipinski definition) is 3. The van der Waals surface area contributed by atoms with Gasteiger partial charge in [0.1, 0.15) is 0 Å². The van der Waals surface area contributed by atoms with Gasteiger partial charge in [0.15, 0.2) is 0 Å². The first-order valence-electron chi connectivity index (χ1n) is 12.1. The van der Waals surface area contributed by atoms with Gasteiger partial charge in [0.25, 0.3) is 0 Å². The third-order valence-electron chi connectivity index (χ3n) is 4.85. The van der Waals surface area contributed by atoms with Crippen LogP contribution < -0.4 is 16.4 Å². The van der Waals surface area contributed by atoms with Crippen molar-refractivity contribution in [3.8, 4) is 0 Å². The Bertz CT molecular complexity index is 801. The monoisotopic (exact) mass is 490 g/mol. The summed E-state index contributed by atoms with van der Waals surface area (Å²) in [6.07, 6.45) is 11.1. The molecule has 2 rings (SSSR count). The highest BCUT2D eigenvalue weighted by atomic mass is 35.5. The fourth-order valence-corrected chi connectivity index (χ4v) is 3.07. The SMILES string of the molecule is CC.CCNCCN(C)C(=O)Cc1ccc(C)cc1.NC(=O)NCCC1=C/C/C=C(/Cl)C/C=C\1. The predicted octanol–water partition coefficient (Wildman–Crippen LogP) is 5.08. The fourth-order valence-electron chi connectivity index (χ4n) is 2.89. The minimum absolute atomic E-state index is 0.173. The summed E-state index contributed by atoms with van der Waals surface area (Å²) in [5.41, 5.74) is 8.47. The van der Waals surface area contributed by atoms with Crippen LogP contribution in [0.4, 0.5) is 4.79 Å². The van der Waals surface area contributed by atoms with Crippen LogP contribution in [0.1, 0.15) is 51.2 Å². The molecule has 3 amide bonds. The highest BCUT2D eigenvalue weighted by molar-refractivity contribution is 6.29. The third-order valence-corrected chi connectivity index (χ3v) is 5.16. The van der Waals surface area contributed by atoms with E-state index in [0.717, 1.165) is 49.5 Å². The summed E-state index contributed by atoms with van der Waals surface area (Å²) >= 11 is 5.89. The van der Waals surface area contributed by atoms with Crippen molar-refractivity contribution in [2.75, 3.05) is 33.2 Å². The van der Waals surface area contributed by atoms with Crippen molar-refractivity contribution in [2.24, 2.45) is 5.73 Å². The molecule has 4 N–H and O–H groups in total. The Morgan fingerprint density at radius 2 is 1.79 bits per heavy atom. The summed E-state index contributed by atoms with van der Waals surface area (Å²) < 4.78 is 0. The molecular weight excluding hydrogens is 448 g/mol. The number of amides is 3. The summed E-state index contributed by atoms with van der Waals surface area (Å²) in [4.78, 5) is 24.1. The zero-order valence-electron chi connectivity index (χ0n) is 21.5. The Kier molecular flexibility index (Phi) is 18.4. The van der Waals surface area contributed by atoms with Gasteiger partial charge in [-0.15, -0.1) is 0 Å². The van der Waals surface area contributed by atoms with Gasteiger partial charge in [-0.3, -0.25) is 4.79 Å². The number of allylic oxidation sites excluding steroid dienone is 5. The summed E-state index contributed by atoms with van der Waals surface area (Å²) in [7, 11) is 1.86. The topological polar surface area (TPSA) is 87.5 Å². The Labute approximate surface area is 211 Å². The molecule has 1 aromatic rings. The van der Waals surface area contributed by atoms with Gasteiger partial charge in [0.2, 0.25) is 5.91 Å². The number of nitrogens with zero attached hydrogens (tertiary/aromatic N) is 1. The molecule has 0 unspecified atom stereocenters. The van der Waals surface area contributed by atoms with Crippen molar-refractivity contribution < 1.29 is 9.59 Å². The van der Waals surface area contributed by atoms with Crippen molar-refractivity contribution in [1.82, 2.24) is 15.5 Å². The summed E-state index contributed by atoms with van der Waals surface area (Å²) in [6, 6.07) is 7.65. The first-order chi connectivity index (χ1) is 16.3. The van der Waals surface area contributed by atoms with Gasteiger partial charge in [-0.25, -0.2) is 4.79 Å². The van der Waals surface area contributed by atoms with Crippen LogP contribution in [0, 0.1) is 6.92 Å². The van der Waals surface area contributed by atoms with Crippen LogP contribution in [0.25, 0.3) is 0 Å². The molecule has 1 aliphatic rings. The van der Waals surface area contributed by atoms with Gasteiger partial charge in [-0.1, -0.05) is 92.1 Å². The van der Waals surface area contributed by atoms with Crippen molar-refractivity contribution in [1.29, 1.82) is 0 Å².